The number of amides is 3. The maximum Gasteiger partial charge on any atom is 0.239 e. The van der Waals surface area contributed by atoms with Crippen molar-refractivity contribution < 1.29 is 18.9 Å². The van der Waals surface area contributed by atoms with Crippen LogP contribution in [-0.2, 0) is 14.4 Å². The van der Waals surface area contributed by atoms with Gasteiger partial charge in [-0.15, -0.1) is 0 Å². The van der Waals surface area contributed by atoms with Crippen molar-refractivity contribution in [1.82, 2.24) is 15.0 Å². The monoisotopic (exact) mass is 452 g/mol. The van der Waals surface area contributed by atoms with E-state index in [1.54, 1.807) is 22.8 Å². The molecule has 1 N–H and O–H groups in total. The van der Waals surface area contributed by atoms with E-state index in [1.165, 1.54) is 0 Å². The Labute approximate surface area is 192 Å². The van der Waals surface area contributed by atoms with Crippen LogP contribution in [0.1, 0.15) is 25.0 Å². The Balaban J connectivity index is 1.42. The van der Waals surface area contributed by atoms with Gasteiger partial charge in [-0.3, -0.25) is 19.3 Å². The highest BCUT2D eigenvalue weighted by Crippen LogP contribution is 2.16. The number of hydrogen-bond donors (Lipinski definition) is 1. The van der Waals surface area contributed by atoms with Crippen molar-refractivity contribution >= 4 is 29.2 Å². The Morgan fingerprint density at radius 2 is 1.88 bits per heavy atom. The quantitative estimate of drug-likeness (QED) is 0.615. The fourth-order valence-corrected chi connectivity index (χ4v) is 3.64. The lowest BCUT2D eigenvalue weighted by Crippen LogP contribution is -2.50. The van der Waals surface area contributed by atoms with Crippen LogP contribution in [0.4, 0.5) is 11.5 Å². The molecule has 3 rings (SSSR count). The van der Waals surface area contributed by atoms with Gasteiger partial charge in [0, 0.05) is 57.3 Å². The zero-order valence-corrected chi connectivity index (χ0v) is 18.7. The second-order valence-corrected chi connectivity index (χ2v) is 7.82. The Kier molecular flexibility index (Phi) is 8.55. The minimum absolute atomic E-state index is 0.0822. The number of hydrogen-bond acceptors (Lipinski definition) is 7. The van der Waals surface area contributed by atoms with E-state index in [4.69, 9.17) is 9.78 Å². The number of aromatic nitrogens is 1. The lowest BCUT2D eigenvalue weighted by molar-refractivity contribution is -0.134. The predicted molar refractivity (Wildman–Crippen MR) is 121 cm³/mol. The summed E-state index contributed by atoms with van der Waals surface area (Å²) in [4.78, 5) is 42.8. The van der Waals surface area contributed by atoms with E-state index in [-0.39, 0.29) is 43.5 Å². The zero-order chi connectivity index (χ0) is 23.6. The fourth-order valence-electron chi connectivity index (χ4n) is 3.64. The highest BCUT2D eigenvalue weighted by atomic mass is 16.5. The third-order valence-electron chi connectivity index (χ3n) is 5.36. The van der Waals surface area contributed by atoms with Crippen molar-refractivity contribution in [2.24, 2.45) is 0 Å². The minimum atomic E-state index is -0.188. The largest absolute Gasteiger partial charge is 0.360 e. The van der Waals surface area contributed by atoms with Gasteiger partial charge in [-0.25, -0.2) is 0 Å². The Morgan fingerprint density at radius 3 is 2.52 bits per heavy atom. The number of carbonyl (C=O) groups is 3. The second-order valence-electron chi connectivity index (χ2n) is 7.82. The second kappa shape index (κ2) is 11.8. The lowest BCUT2D eigenvalue weighted by atomic mass is 10.2. The molecule has 0 aliphatic carbocycles. The van der Waals surface area contributed by atoms with Crippen molar-refractivity contribution in [3.63, 3.8) is 0 Å². The summed E-state index contributed by atoms with van der Waals surface area (Å²) in [6.45, 7) is 4.39. The SMILES string of the molecule is Cc1cc(NC(=O)CN2CCN(C(=O)CCC(=O)N(CCC#N)c3ccccc3)CC2)no1. The van der Waals surface area contributed by atoms with Gasteiger partial charge >= 0.3 is 0 Å². The number of piperazine rings is 1. The van der Waals surface area contributed by atoms with Crippen molar-refractivity contribution in [3.05, 3.63) is 42.2 Å². The summed E-state index contributed by atoms with van der Waals surface area (Å²) in [5, 5.41) is 15.3. The molecule has 0 saturated carbocycles. The summed E-state index contributed by atoms with van der Waals surface area (Å²) in [6, 6.07) is 12.9. The van der Waals surface area contributed by atoms with Crippen molar-refractivity contribution in [2.75, 3.05) is 49.5 Å². The van der Waals surface area contributed by atoms with E-state index < -0.39 is 0 Å². The molecular formula is C23H28N6O4. The van der Waals surface area contributed by atoms with Gasteiger partial charge in [-0.1, -0.05) is 23.4 Å². The molecule has 1 fully saturated rings. The molecule has 2 heterocycles. The molecule has 3 amide bonds. The van der Waals surface area contributed by atoms with E-state index >= 15 is 0 Å². The maximum absolute atomic E-state index is 12.7. The van der Waals surface area contributed by atoms with Crippen LogP contribution in [0.15, 0.2) is 40.9 Å². The number of aryl methyl sites for hydroxylation is 1. The summed E-state index contributed by atoms with van der Waals surface area (Å²) in [5.74, 6) is 0.553. The van der Waals surface area contributed by atoms with Crippen LogP contribution in [0.5, 0.6) is 0 Å². The van der Waals surface area contributed by atoms with Crippen LogP contribution in [0, 0.1) is 18.3 Å². The molecule has 1 aromatic heterocycles. The number of nitriles is 1. The first-order valence-electron chi connectivity index (χ1n) is 10.9. The maximum atomic E-state index is 12.7. The highest BCUT2D eigenvalue weighted by Gasteiger charge is 2.24. The molecule has 10 heteroatoms. The average molecular weight is 453 g/mol. The van der Waals surface area contributed by atoms with Crippen molar-refractivity contribution in [1.29, 1.82) is 5.26 Å². The normalized spacial score (nSPS) is 13.9. The smallest absolute Gasteiger partial charge is 0.239 e. The fraction of sp³-hybridized carbons (Fsp3) is 0.435. The van der Waals surface area contributed by atoms with Gasteiger partial charge in [0.05, 0.1) is 19.0 Å². The van der Waals surface area contributed by atoms with Crippen LogP contribution >= 0.6 is 0 Å². The number of nitrogens with zero attached hydrogens (tertiary/aromatic N) is 5. The number of anilines is 2. The molecule has 1 aliphatic heterocycles. The molecule has 2 aromatic rings. The lowest BCUT2D eigenvalue weighted by Gasteiger charge is -2.34. The molecule has 10 nitrogen and oxygen atoms in total. The van der Waals surface area contributed by atoms with Gasteiger partial charge in [-0.05, 0) is 19.1 Å². The van der Waals surface area contributed by atoms with E-state index in [0.717, 1.165) is 5.69 Å². The molecule has 174 valence electrons. The van der Waals surface area contributed by atoms with Gasteiger partial charge in [-0.2, -0.15) is 5.26 Å². The first kappa shape index (κ1) is 23.9. The molecule has 1 aliphatic rings. The summed E-state index contributed by atoms with van der Waals surface area (Å²) >= 11 is 0. The summed E-state index contributed by atoms with van der Waals surface area (Å²) in [5.41, 5.74) is 0.720. The molecule has 1 saturated heterocycles. The Hall–Kier alpha value is -3.71. The number of carbonyl (C=O) groups excluding carboxylic acids is 3. The average Bonchev–Trinajstić information content (AvgIpc) is 3.23. The predicted octanol–water partition coefficient (Wildman–Crippen LogP) is 1.79. The van der Waals surface area contributed by atoms with Gasteiger partial charge in [0.1, 0.15) is 5.76 Å². The van der Waals surface area contributed by atoms with Crippen molar-refractivity contribution in [3.8, 4) is 6.07 Å². The Morgan fingerprint density at radius 1 is 1.15 bits per heavy atom. The van der Waals surface area contributed by atoms with Crippen LogP contribution < -0.4 is 10.2 Å². The standard InChI is InChI=1S/C23H28N6O4/c1-18-16-20(26-33-18)25-21(30)17-27-12-14-28(15-13-27)22(31)8-9-23(32)29(11-5-10-24)19-6-3-2-4-7-19/h2-4,6-7,16H,5,8-9,11-15,17H2,1H3,(H,25,26,30). The summed E-state index contributed by atoms with van der Waals surface area (Å²) < 4.78 is 4.93. The van der Waals surface area contributed by atoms with E-state index in [9.17, 15) is 14.4 Å². The Bertz CT molecular complexity index is 992. The van der Waals surface area contributed by atoms with Crippen LogP contribution in [-0.4, -0.2) is 71.9 Å². The van der Waals surface area contributed by atoms with E-state index in [1.807, 2.05) is 35.2 Å². The topological polar surface area (TPSA) is 123 Å². The van der Waals surface area contributed by atoms with Crippen LogP contribution in [0.3, 0.4) is 0 Å². The summed E-state index contributed by atoms with van der Waals surface area (Å²) in [6.07, 6.45) is 0.417. The molecular weight excluding hydrogens is 424 g/mol. The number of para-hydroxylation sites is 1. The van der Waals surface area contributed by atoms with E-state index in [2.05, 4.69) is 16.5 Å². The highest BCUT2D eigenvalue weighted by molar-refractivity contribution is 5.95. The number of rotatable bonds is 9. The zero-order valence-electron chi connectivity index (χ0n) is 18.7. The van der Waals surface area contributed by atoms with Crippen LogP contribution in [0.2, 0.25) is 0 Å². The molecule has 0 unspecified atom stereocenters. The van der Waals surface area contributed by atoms with E-state index in [0.29, 0.717) is 44.3 Å². The number of benzene rings is 1. The minimum Gasteiger partial charge on any atom is -0.360 e. The van der Waals surface area contributed by atoms with Gasteiger partial charge < -0.3 is 19.6 Å². The van der Waals surface area contributed by atoms with Gasteiger partial charge in [0.15, 0.2) is 5.82 Å². The summed E-state index contributed by atoms with van der Waals surface area (Å²) in [7, 11) is 0. The molecule has 0 atom stereocenters. The van der Waals surface area contributed by atoms with Crippen molar-refractivity contribution in [2.45, 2.75) is 26.2 Å². The van der Waals surface area contributed by atoms with Gasteiger partial charge in [0.25, 0.3) is 0 Å². The van der Waals surface area contributed by atoms with Gasteiger partial charge in [0.2, 0.25) is 17.7 Å². The first-order valence-corrected chi connectivity index (χ1v) is 10.9. The first-order chi connectivity index (χ1) is 16.0. The third-order valence-corrected chi connectivity index (χ3v) is 5.36. The number of nitrogens with one attached hydrogen (secondary N) is 1. The molecule has 0 bridgehead atoms. The molecule has 1 aromatic carbocycles. The van der Waals surface area contributed by atoms with Crippen LogP contribution in [0.25, 0.3) is 0 Å². The molecule has 33 heavy (non-hydrogen) atoms. The third kappa shape index (κ3) is 7.15. The molecule has 0 spiro atoms. The molecule has 0 radical (unpaired) electrons.